The predicted octanol–water partition coefficient (Wildman–Crippen LogP) is 6.02. The Hall–Kier alpha value is -4.83. The summed E-state index contributed by atoms with van der Waals surface area (Å²) < 4.78 is 53.2. The maximum Gasteiger partial charge on any atom is 0.320 e. The van der Waals surface area contributed by atoms with E-state index in [2.05, 4.69) is 23.5 Å². The second-order valence-corrected chi connectivity index (χ2v) is 21.7. The van der Waals surface area contributed by atoms with Crippen LogP contribution in [0.4, 0.5) is 0 Å². The van der Waals surface area contributed by atoms with Gasteiger partial charge in [-0.05, 0) is 115 Å². The molecule has 4 aliphatic carbocycles. The number of fused-ring (bicyclic) bond motifs is 5. The number of ketones is 1. The molecule has 6 aliphatic rings. The van der Waals surface area contributed by atoms with E-state index >= 15 is 4.79 Å². The SMILES string of the molecule is C=C[C@@H]1C[C@]1(CC(=O)[C@@H]1C[C@@H]2CN1C(=O)[C@H](C1CCCC1)CC(=O)O[C@@H]1CCC[C@H]1CC/C=C/Cc1c(nc3ccccc3c1OCCCOC(=O)CN(C)C)O2)C(=O)NS(=O)(=O)C1CC1. The van der Waals surface area contributed by atoms with Gasteiger partial charge in [0.25, 0.3) is 0 Å². The van der Waals surface area contributed by atoms with Gasteiger partial charge in [-0.2, -0.15) is 0 Å². The van der Waals surface area contributed by atoms with Gasteiger partial charge in [0.2, 0.25) is 27.7 Å². The predicted molar refractivity (Wildman–Crippen MR) is 246 cm³/mol. The van der Waals surface area contributed by atoms with Gasteiger partial charge in [0.15, 0.2) is 5.78 Å². The molecule has 15 nitrogen and oxygen atoms in total. The smallest absolute Gasteiger partial charge is 0.320 e. The Bertz CT molecular complexity index is 2310. The highest BCUT2D eigenvalue weighted by molar-refractivity contribution is 7.90. The molecule has 2 aliphatic heterocycles. The molecule has 0 spiro atoms. The van der Waals surface area contributed by atoms with Crippen LogP contribution in [0.2, 0.25) is 0 Å². The Kier molecular flexibility index (Phi) is 14.9. The number of ether oxygens (including phenoxy) is 4. The number of allylic oxidation sites excluding steroid dienone is 3. The van der Waals surface area contributed by atoms with E-state index in [-0.39, 0.29) is 87.6 Å². The fourth-order valence-corrected chi connectivity index (χ4v) is 12.2. The van der Waals surface area contributed by atoms with Gasteiger partial charge < -0.3 is 23.8 Å². The maximum absolute atomic E-state index is 15.2. The molecule has 5 fully saturated rings. The van der Waals surface area contributed by atoms with Crippen molar-refractivity contribution in [1.29, 1.82) is 0 Å². The van der Waals surface area contributed by atoms with Crippen LogP contribution in [0.25, 0.3) is 10.9 Å². The zero-order valence-electron chi connectivity index (χ0n) is 38.5. The molecule has 3 heterocycles. The van der Waals surface area contributed by atoms with Gasteiger partial charge in [0.1, 0.15) is 18.0 Å². The summed E-state index contributed by atoms with van der Waals surface area (Å²) in [4.78, 5) is 78.3. The summed E-state index contributed by atoms with van der Waals surface area (Å²) in [5.74, 6) is -2.26. The van der Waals surface area contributed by atoms with Crippen LogP contribution in [-0.2, 0) is 49.9 Å². The molecule has 4 saturated carbocycles. The highest BCUT2D eigenvalue weighted by atomic mass is 32.2. The molecule has 1 aromatic heterocycles. The van der Waals surface area contributed by atoms with Crippen LogP contribution in [0.3, 0.4) is 0 Å². The fraction of sp³-hybridized carbons (Fsp3) is 0.640. The number of para-hydroxylation sites is 1. The zero-order valence-corrected chi connectivity index (χ0v) is 39.3. The highest BCUT2D eigenvalue weighted by Crippen LogP contribution is 2.57. The Morgan fingerprint density at radius 3 is 2.50 bits per heavy atom. The lowest BCUT2D eigenvalue weighted by atomic mass is 9.86. The summed E-state index contributed by atoms with van der Waals surface area (Å²) in [6, 6.07) is 6.58. The van der Waals surface area contributed by atoms with E-state index in [4.69, 9.17) is 23.9 Å². The van der Waals surface area contributed by atoms with Crippen molar-refractivity contribution in [3.63, 3.8) is 0 Å². The minimum atomic E-state index is -3.89. The van der Waals surface area contributed by atoms with Gasteiger partial charge in [-0.3, -0.25) is 33.6 Å². The fourth-order valence-electron chi connectivity index (χ4n) is 10.8. The van der Waals surface area contributed by atoms with Crippen LogP contribution in [0.15, 0.2) is 49.1 Å². The van der Waals surface area contributed by atoms with E-state index in [9.17, 15) is 27.6 Å². The zero-order chi connectivity index (χ0) is 46.6. The molecule has 358 valence electrons. The first-order valence-corrected chi connectivity index (χ1v) is 25.7. The first-order chi connectivity index (χ1) is 31.8. The summed E-state index contributed by atoms with van der Waals surface area (Å²) in [6.07, 6.45) is 14.3. The summed E-state index contributed by atoms with van der Waals surface area (Å²) in [7, 11) is -0.285. The molecule has 7 atom stereocenters. The van der Waals surface area contributed by atoms with Gasteiger partial charge >= 0.3 is 11.9 Å². The highest BCUT2D eigenvalue weighted by Gasteiger charge is 2.61. The van der Waals surface area contributed by atoms with Crippen molar-refractivity contribution in [2.45, 2.75) is 133 Å². The molecule has 2 amide bonds. The summed E-state index contributed by atoms with van der Waals surface area (Å²) in [6.45, 7) is 4.51. The number of nitrogens with zero attached hydrogens (tertiary/aromatic N) is 3. The lowest BCUT2D eigenvalue weighted by molar-refractivity contribution is -0.156. The summed E-state index contributed by atoms with van der Waals surface area (Å²) >= 11 is 0. The summed E-state index contributed by atoms with van der Waals surface area (Å²) in [5.41, 5.74) is 0.00152. The van der Waals surface area contributed by atoms with Crippen molar-refractivity contribution in [3.8, 4) is 11.6 Å². The number of hydrogen-bond acceptors (Lipinski definition) is 13. The summed E-state index contributed by atoms with van der Waals surface area (Å²) in [5, 5.41) is 0.153. The van der Waals surface area contributed by atoms with Crippen LogP contribution in [0, 0.1) is 29.1 Å². The number of amides is 2. The Morgan fingerprint density at radius 1 is 0.985 bits per heavy atom. The van der Waals surface area contributed by atoms with Crippen molar-refractivity contribution in [2.75, 3.05) is 40.4 Å². The number of rotatable bonds is 15. The number of pyridine rings is 1. The normalized spacial score (nSPS) is 28.9. The van der Waals surface area contributed by atoms with Crippen molar-refractivity contribution in [3.05, 3.63) is 54.6 Å². The third kappa shape index (κ3) is 11.0. The number of esters is 2. The number of carbonyl (C=O) groups excluding carboxylic acids is 5. The Balaban J connectivity index is 1.13. The van der Waals surface area contributed by atoms with Gasteiger partial charge in [-0.1, -0.05) is 43.2 Å². The Labute approximate surface area is 388 Å². The van der Waals surface area contributed by atoms with E-state index in [0.717, 1.165) is 63.2 Å². The minimum absolute atomic E-state index is 0.0244. The van der Waals surface area contributed by atoms with E-state index in [1.165, 1.54) is 0 Å². The molecule has 16 heteroatoms. The van der Waals surface area contributed by atoms with Crippen LogP contribution in [-0.4, -0.2) is 117 Å². The number of nitrogens with one attached hydrogen (secondary N) is 1. The number of sulfonamides is 1. The molecule has 66 heavy (non-hydrogen) atoms. The molecule has 2 bridgehead atoms. The monoisotopic (exact) mass is 930 g/mol. The first-order valence-electron chi connectivity index (χ1n) is 24.1. The van der Waals surface area contributed by atoms with Crippen molar-refractivity contribution in [1.82, 2.24) is 19.5 Å². The lowest BCUT2D eigenvalue weighted by Crippen LogP contribution is -2.47. The lowest BCUT2D eigenvalue weighted by Gasteiger charge is -2.31. The van der Waals surface area contributed by atoms with Crippen LogP contribution < -0.4 is 14.2 Å². The van der Waals surface area contributed by atoms with E-state index in [0.29, 0.717) is 48.4 Å². The molecule has 1 N–H and O–H groups in total. The van der Waals surface area contributed by atoms with Crippen LogP contribution in [0.5, 0.6) is 11.6 Å². The van der Waals surface area contributed by atoms with E-state index in [1.54, 1.807) is 30.0 Å². The number of Topliss-reactive ketones (excluding diaryl/α,β-unsaturated/α-hetero) is 1. The third-order valence-electron chi connectivity index (χ3n) is 14.6. The quantitative estimate of drug-likeness (QED) is 0.124. The average molecular weight is 931 g/mol. The number of benzene rings is 1. The molecular formula is C50H66N4O11S. The van der Waals surface area contributed by atoms with E-state index < -0.39 is 56.5 Å². The van der Waals surface area contributed by atoms with Crippen molar-refractivity contribution < 1.29 is 51.3 Å². The van der Waals surface area contributed by atoms with Gasteiger partial charge in [0, 0.05) is 24.6 Å². The molecule has 8 rings (SSSR count). The second-order valence-electron chi connectivity index (χ2n) is 19.7. The number of hydrogen-bond donors (Lipinski definition) is 1. The molecule has 0 unspecified atom stereocenters. The number of likely N-dealkylation sites (N-methyl/N-ethyl adjacent to an activating group) is 1. The van der Waals surface area contributed by atoms with Gasteiger partial charge in [0.05, 0.1) is 66.4 Å². The topological polar surface area (TPSA) is 188 Å². The maximum atomic E-state index is 15.2. The number of carbonyl (C=O) groups is 5. The Morgan fingerprint density at radius 2 is 1.76 bits per heavy atom. The van der Waals surface area contributed by atoms with Crippen molar-refractivity contribution >= 4 is 50.5 Å². The second kappa shape index (κ2) is 20.6. The molecular weight excluding hydrogens is 865 g/mol. The van der Waals surface area contributed by atoms with Crippen molar-refractivity contribution in [2.24, 2.45) is 29.1 Å². The van der Waals surface area contributed by atoms with Crippen LogP contribution >= 0.6 is 0 Å². The molecule has 1 aromatic carbocycles. The first kappa shape index (κ1) is 47.7. The van der Waals surface area contributed by atoms with E-state index in [1.807, 2.05) is 24.3 Å². The van der Waals surface area contributed by atoms with Gasteiger partial charge in [-0.15, -0.1) is 6.58 Å². The third-order valence-corrected chi connectivity index (χ3v) is 16.5. The standard InChI is InChI=1S/C50H66N4O11S/c1-4-34-28-50(34,49(59)52-66(60,61)36-22-23-36)29-42(55)41-26-35-30-54(41)48(58)39(32-14-8-9-15-32)27-44(56)65-43-21-12-17-33(43)16-6-5-7-19-38-46(63-25-13-24-62-45(57)31-53(2)3)37-18-10-11-20-40(37)51-47(38)64-35/h4-5,7,10-11,18,20,32-36,39,41,43H,1,6,8-9,12-17,19,21-31H2,2-3H3,(H,52,59)/b7-5+/t33-,34-,35-,39+,41+,43-,50-/m1/s1. The molecule has 0 radical (unpaired) electrons. The number of aromatic nitrogens is 1. The minimum Gasteiger partial charge on any atom is -0.492 e. The largest absolute Gasteiger partial charge is 0.492 e. The molecule has 1 saturated heterocycles. The van der Waals surface area contributed by atoms with Crippen LogP contribution in [0.1, 0.15) is 108 Å². The van der Waals surface area contributed by atoms with Gasteiger partial charge in [-0.25, -0.2) is 13.4 Å². The molecule has 2 aromatic rings. The average Bonchev–Trinajstić information content (AvgIpc) is 4.07.